The summed E-state index contributed by atoms with van der Waals surface area (Å²) in [6.07, 6.45) is 0.365. The quantitative estimate of drug-likeness (QED) is 0.925. The van der Waals surface area contributed by atoms with E-state index in [1.54, 1.807) is 13.0 Å². The van der Waals surface area contributed by atoms with E-state index >= 15 is 0 Å². The molecule has 0 aliphatic heterocycles. The van der Waals surface area contributed by atoms with E-state index in [4.69, 9.17) is 10.5 Å². The van der Waals surface area contributed by atoms with E-state index < -0.39 is 17.5 Å². The smallest absolute Gasteiger partial charge is 0.166 e. The Labute approximate surface area is 115 Å². The van der Waals surface area contributed by atoms with E-state index in [0.717, 1.165) is 18.2 Å². The Balaban J connectivity index is 2.39. The van der Waals surface area contributed by atoms with Crippen molar-refractivity contribution in [2.75, 3.05) is 0 Å². The molecule has 0 fully saturated rings. The molecule has 0 heterocycles. The molecule has 106 valence electrons. The van der Waals surface area contributed by atoms with Crippen LogP contribution in [0.4, 0.5) is 13.2 Å². The number of para-hydroxylation sites is 1. The third kappa shape index (κ3) is 3.30. The van der Waals surface area contributed by atoms with Crippen LogP contribution in [0.15, 0.2) is 36.4 Å². The van der Waals surface area contributed by atoms with Gasteiger partial charge < -0.3 is 10.5 Å². The highest BCUT2D eigenvalue weighted by Crippen LogP contribution is 2.31. The fourth-order valence-electron chi connectivity index (χ4n) is 1.84. The first-order chi connectivity index (χ1) is 9.47. The Morgan fingerprint density at radius 3 is 2.55 bits per heavy atom. The maximum Gasteiger partial charge on any atom is 0.166 e. The second kappa shape index (κ2) is 5.96. The molecular weight excluding hydrogens is 267 g/mol. The van der Waals surface area contributed by atoms with Gasteiger partial charge in [-0.3, -0.25) is 0 Å². The molecule has 2 N–H and O–H groups in total. The van der Waals surface area contributed by atoms with E-state index in [-0.39, 0.29) is 17.5 Å². The normalized spacial score (nSPS) is 12.2. The first kappa shape index (κ1) is 14.4. The van der Waals surface area contributed by atoms with Crippen LogP contribution in [-0.2, 0) is 6.42 Å². The van der Waals surface area contributed by atoms with Gasteiger partial charge in [0.1, 0.15) is 5.82 Å². The van der Waals surface area contributed by atoms with Crippen molar-refractivity contribution in [2.24, 2.45) is 5.73 Å². The Morgan fingerprint density at radius 1 is 1.10 bits per heavy atom. The first-order valence-electron chi connectivity index (χ1n) is 6.13. The summed E-state index contributed by atoms with van der Waals surface area (Å²) in [5, 5.41) is 0. The zero-order chi connectivity index (χ0) is 14.7. The molecule has 5 heteroatoms. The molecule has 0 amide bonds. The molecule has 0 bridgehead atoms. The van der Waals surface area contributed by atoms with E-state index in [2.05, 4.69) is 0 Å². The van der Waals surface area contributed by atoms with Crippen LogP contribution in [0.2, 0.25) is 0 Å². The molecule has 0 radical (unpaired) electrons. The standard InChI is InChI=1S/C15H14F3NO/c1-9(19)7-10-3-2-4-13(18)15(10)20-14-8-11(16)5-6-12(14)17/h2-6,8-9H,7,19H2,1H3. The van der Waals surface area contributed by atoms with Crippen LogP contribution in [0.3, 0.4) is 0 Å². The van der Waals surface area contributed by atoms with E-state index in [1.807, 2.05) is 0 Å². The average molecular weight is 281 g/mol. The molecule has 1 atom stereocenters. The Kier molecular flexibility index (Phi) is 4.29. The van der Waals surface area contributed by atoms with Crippen molar-refractivity contribution in [3.63, 3.8) is 0 Å². The monoisotopic (exact) mass is 281 g/mol. The summed E-state index contributed by atoms with van der Waals surface area (Å²) in [6, 6.07) is 6.90. The largest absolute Gasteiger partial charge is 0.451 e. The lowest BCUT2D eigenvalue weighted by molar-refractivity contribution is 0.405. The number of hydrogen-bond acceptors (Lipinski definition) is 2. The van der Waals surface area contributed by atoms with Gasteiger partial charge >= 0.3 is 0 Å². The highest BCUT2D eigenvalue weighted by atomic mass is 19.1. The lowest BCUT2D eigenvalue weighted by Gasteiger charge is -2.14. The number of nitrogens with two attached hydrogens (primary N) is 1. The molecule has 2 aromatic carbocycles. The Morgan fingerprint density at radius 2 is 1.85 bits per heavy atom. The molecule has 0 aromatic heterocycles. The van der Waals surface area contributed by atoms with Crippen LogP contribution in [0.1, 0.15) is 12.5 Å². The summed E-state index contributed by atoms with van der Waals surface area (Å²) in [5.74, 6) is -2.56. The van der Waals surface area contributed by atoms with Crippen molar-refractivity contribution in [1.29, 1.82) is 0 Å². The fraction of sp³-hybridized carbons (Fsp3) is 0.200. The zero-order valence-corrected chi connectivity index (χ0v) is 10.9. The Hall–Kier alpha value is -2.01. The van der Waals surface area contributed by atoms with Gasteiger partial charge in [-0.2, -0.15) is 0 Å². The molecule has 0 saturated heterocycles. The summed E-state index contributed by atoms with van der Waals surface area (Å²) < 4.78 is 45.7. The lowest BCUT2D eigenvalue weighted by Crippen LogP contribution is -2.18. The van der Waals surface area contributed by atoms with Gasteiger partial charge in [-0.25, -0.2) is 13.2 Å². The van der Waals surface area contributed by atoms with Crippen LogP contribution in [0, 0.1) is 17.5 Å². The third-order valence-electron chi connectivity index (χ3n) is 2.70. The second-order valence-electron chi connectivity index (χ2n) is 4.59. The van der Waals surface area contributed by atoms with Gasteiger partial charge in [0.25, 0.3) is 0 Å². The van der Waals surface area contributed by atoms with Gasteiger partial charge in [0.2, 0.25) is 0 Å². The second-order valence-corrected chi connectivity index (χ2v) is 4.59. The predicted octanol–water partition coefficient (Wildman–Crippen LogP) is 3.79. The average Bonchev–Trinajstić information content (AvgIpc) is 2.37. The molecular formula is C15H14F3NO. The van der Waals surface area contributed by atoms with Crippen molar-refractivity contribution >= 4 is 0 Å². The third-order valence-corrected chi connectivity index (χ3v) is 2.70. The number of benzene rings is 2. The minimum atomic E-state index is -0.763. The molecule has 0 spiro atoms. The van der Waals surface area contributed by atoms with Crippen LogP contribution in [0.5, 0.6) is 11.5 Å². The summed E-state index contributed by atoms with van der Waals surface area (Å²) in [7, 11) is 0. The summed E-state index contributed by atoms with van der Waals surface area (Å²) in [5.41, 5.74) is 6.18. The number of rotatable bonds is 4. The SMILES string of the molecule is CC(N)Cc1cccc(F)c1Oc1cc(F)ccc1F. The molecule has 20 heavy (non-hydrogen) atoms. The first-order valence-corrected chi connectivity index (χ1v) is 6.13. The maximum absolute atomic E-state index is 13.8. The molecule has 0 aliphatic carbocycles. The highest BCUT2D eigenvalue weighted by Gasteiger charge is 2.15. The molecule has 0 aliphatic rings. The van der Waals surface area contributed by atoms with Crippen molar-refractivity contribution < 1.29 is 17.9 Å². The highest BCUT2D eigenvalue weighted by molar-refractivity contribution is 5.40. The molecule has 2 nitrogen and oxygen atoms in total. The molecule has 0 saturated carbocycles. The minimum absolute atomic E-state index is 0.130. The topological polar surface area (TPSA) is 35.2 Å². The van der Waals surface area contributed by atoms with Crippen LogP contribution < -0.4 is 10.5 Å². The maximum atomic E-state index is 13.8. The number of hydrogen-bond donors (Lipinski definition) is 1. The van der Waals surface area contributed by atoms with Gasteiger partial charge in [0.05, 0.1) is 0 Å². The molecule has 2 aromatic rings. The van der Waals surface area contributed by atoms with Crippen molar-refractivity contribution in [3.8, 4) is 11.5 Å². The lowest BCUT2D eigenvalue weighted by atomic mass is 10.1. The van der Waals surface area contributed by atoms with Crippen molar-refractivity contribution in [1.82, 2.24) is 0 Å². The van der Waals surface area contributed by atoms with Gasteiger partial charge in [-0.15, -0.1) is 0 Å². The van der Waals surface area contributed by atoms with Crippen LogP contribution >= 0.6 is 0 Å². The van der Waals surface area contributed by atoms with Crippen LogP contribution in [0.25, 0.3) is 0 Å². The number of halogens is 3. The van der Waals surface area contributed by atoms with Crippen molar-refractivity contribution in [3.05, 3.63) is 59.4 Å². The number of ether oxygens (including phenoxy) is 1. The van der Waals surface area contributed by atoms with E-state index in [9.17, 15) is 13.2 Å². The summed E-state index contributed by atoms with van der Waals surface area (Å²) in [6.45, 7) is 1.76. The van der Waals surface area contributed by atoms with Gasteiger partial charge in [-0.1, -0.05) is 12.1 Å². The molecule has 2 rings (SSSR count). The van der Waals surface area contributed by atoms with E-state index in [0.29, 0.717) is 12.0 Å². The van der Waals surface area contributed by atoms with E-state index in [1.165, 1.54) is 12.1 Å². The zero-order valence-electron chi connectivity index (χ0n) is 10.9. The van der Waals surface area contributed by atoms with Crippen LogP contribution in [-0.4, -0.2) is 6.04 Å². The van der Waals surface area contributed by atoms with Gasteiger partial charge in [0.15, 0.2) is 23.1 Å². The molecule has 1 unspecified atom stereocenters. The minimum Gasteiger partial charge on any atom is -0.451 e. The predicted molar refractivity (Wildman–Crippen MR) is 70.2 cm³/mol. The Bertz CT molecular complexity index is 614. The summed E-state index contributed by atoms with van der Waals surface area (Å²) >= 11 is 0. The van der Waals surface area contributed by atoms with Gasteiger partial charge in [-0.05, 0) is 37.1 Å². The summed E-state index contributed by atoms with van der Waals surface area (Å²) in [4.78, 5) is 0. The van der Waals surface area contributed by atoms with Gasteiger partial charge in [0, 0.05) is 12.1 Å². The fourth-order valence-corrected chi connectivity index (χ4v) is 1.84. The van der Waals surface area contributed by atoms with Crippen molar-refractivity contribution in [2.45, 2.75) is 19.4 Å².